The molecule has 1 aliphatic heterocycles. The van der Waals surface area contributed by atoms with E-state index in [1.54, 1.807) is 0 Å². The summed E-state index contributed by atoms with van der Waals surface area (Å²) < 4.78 is 0. The number of quaternary nitrogens is 1. The third-order valence-corrected chi connectivity index (χ3v) is 3.93. The summed E-state index contributed by atoms with van der Waals surface area (Å²) in [5.41, 5.74) is 0. The Balaban J connectivity index is 0.00000225. The lowest BCUT2D eigenvalue weighted by molar-refractivity contribution is -0.910. The van der Waals surface area contributed by atoms with Crippen LogP contribution in [0.15, 0.2) is 0 Å². The molecule has 1 N–H and O–H groups in total. The minimum atomic E-state index is 0. The zero-order valence-electron chi connectivity index (χ0n) is 11.2. The maximum Gasteiger partial charge on any atom is 0.0848 e. The topological polar surface area (TPSA) is 4.44 Å². The quantitative estimate of drug-likeness (QED) is 0.568. The van der Waals surface area contributed by atoms with Crippen LogP contribution in [0.5, 0.6) is 0 Å². The van der Waals surface area contributed by atoms with Crippen molar-refractivity contribution >= 4 is 0 Å². The fraction of sp³-hybridized carbons (Fsp3) is 1.00. The van der Waals surface area contributed by atoms with Crippen LogP contribution in [0.3, 0.4) is 0 Å². The number of rotatable bonds is 8. The van der Waals surface area contributed by atoms with Gasteiger partial charge < -0.3 is 17.3 Å². The number of nitrogens with one attached hydrogen (secondary N) is 1. The average Bonchev–Trinajstić information content (AvgIpc) is 2.63. The lowest BCUT2D eigenvalue weighted by Crippen LogP contribution is -3.13. The van der Waals surface area contributed by atoms with Crippen molar-refractivity contribution in [2.75, 3.05) is 13.1 Å². The van der Waals surface area contributed by atoms with Crippen molar-refractivity contribution in [3.63, 3.8) is 0 Å². The second-order valence-corrected chi connectivity index (χ2v) is 5.32. The van der Waals surface area contributed by atoms with Crippen LogP contribution in [0, 0.1) is 0 Å². The molecule has 0 amide bonds. The van der Waals surface area contributed by atoms with Crippen molar-refractivity contribution in [3.05, 3.63) is 0 Å². The lowest BCUT2D eigenvalue weighted by Gasteiger charge is -2.17. The van der Waals surface area contributed by atoms with E-state index in [1.165, 1.54) is 70.9 Å². The molecule has 2 heteroatoms. The highest BCUT2D eigenvalue weighted by molar-refractivity contribution is 4.56. The van der Waals surface area contributed by atoms with Crippen LogP contribution in [-0.2, 0) is 0 Å². The monoisotopic (exact) mass is 247 g/mol. The SMILES string of the molecule is CCCCCCCCC[NH+]1CCCC1C.[Cl-]. The smallest absolute Gasteiger partial charge is 0.0848 e. The lowest BCUT2D eigenvalue weighted by atomic mass is 10.1. The van der Waals surface area contributed by atoms with Gasteiger partial charge in [-0.1, -0.05) is 39.0 Å². The molecule has 0 bridgehead atoms. The molecule has 0 spiro atoms. The van der Waals surface area contributed by atoms with Gasteiger partial charge in [0.05, 0.1) is 19.1 Å². The molecule has 98 valence electrons. The maximum atomic E-state index is 2.42. The van der Waals surface area contributed by atoms with E-state index in [1.807, 2.05) is 4.90 Å². The Kier molecular flexibility index (Phi) is 10.6. The highest BCUT2D eigenvalue weighted by atomic mass is 35.5. The molecule has 0 saturated carbocycles. The Morgan fingerprint density at radius 3 is 2.19 bits per heavy atom. The molecule has 0 aliphatic carbocycles. The first-order chi connectivity index (χ1) is 7.34. The Hall–Kier alpha value is 0.250. The zero-order valence-corrected chi connectivity index (χ0v) is 12.0. The van der Waals surface area contributed by atoms with Crippen molar-refractivity contribution in [3.8, 4) is 0 Å². The Labute approximate surface area is 108 Å². The van der Waals surface area contributed by atoms with Gasteiger partial charge in [-0.15, -0.1) is 0 Å². The van der Waals surface area contributed by atoms with Gasteiger partial charge in [0.25, 0.3) is 0 Å². The standard InChI is InChI=1S/C14H29N.ClH/c1-3-4-5-6-7-8-9-12-15-13-10-11-14(15)2;/h14H,3-13H2,1-2H3;1H. The number of unbranched alkanes of at least 4 members (excludes halogenated alkanes) is 6. The highest BCUT2D eigenvalue weighted by Crippen LogP contribution is 2.06. The van der Waals surface area contributed by atoms with Crippen molar-refractivity contribution < 1.29 is 17.3 Å². The number of hydrogen-bond acceptors (Lipinski definition) is 0. The molecule has 1 aliphatic rings. The van der Waals surface area contributed by atoms with Crippen LogP contribution < -0.4 is 17.3 Å². The highest BCUT2D eigenvalue weighted by Gasteiger charge is 2.22. The summed E-state index contributed by atoms with van der Waals surface area (Å²) in [7, 11) is 0. The minimum Gasteiger partial charge on any atom is -1.00 e. The van der Waals surface area contributed by atoms with E-state index in [0.29, 0.717) is 0 Å². The van der Waals surface area contributed by atoms with Crippen molar-refractivity contribution in [2.45, 2.75) is 77.7 Å². The van der Waals surface area contributed by atoms with Crippen molar-refractivity contribution in [1.29, 1.82) is 0 Å². The number of hydrogen-bond donors (Lipinski definition) is 1. The van der Waals surface area contributed by atoms with Crippen molar-refractivity contribution in [2.24, 2.45) is 0 Å². The second-order valence-electron chi connectivity index (χ2n) is 5.32. The predicted molar refractivity (Wildman–Crippen MR) is 67.4 cm³/mol. The minimum absolute atomic E-state index is 0. The number of halogens is 1. The van der Waals surface area contributed by atoms with Gasteiger partial charge in [-0.05, 0) is 19.8 Å². The maximum absolute atomic E-state index is 2.42. The van der Waals surface area contributed by atoms with E-state index >= 15 is 0 Å². The van der Waals surface area contributed by atoms with Gasteiger partial charge in [-0.2, -0.15) is 0 Å². The molecular formula is C14H30ClN. The average molecular weight is 248 g/mol. The second kappa shape index (κ2) is 10.4. The van der Waals surface area contributed by atoms with Gasteiger partial charge >= 0.3 is 0 Å². The van der Waals surface area contributed by atoms with Crippen LogP contribution >= 0.6 is 0 Å². The summed E-state index contributed by atoms with van der Waals surface area (Å²) >= 11 is 0. The Morgan fingerprint density at radius 2 is 1.62 bits per heavy atom. The van der Waals surface area contributed by atoms with Crippen LogP contribution in [0.25, 0.3) is 0 Å². The summed E-state index contributed by atoms with van der Waals surface area (Å²) in [5, 5.41) is 0. The summed E-state index contributed by atoms with van der Waals surface area (Å²) in [4.78, 5) is 1.88. The number of likely N-dealkylation sites (tertiary alicyclic amines) is 1. The first-order valence-electron chi connectivity index (χ1n) is 7.19. The van der Waals surface area contributed by atoms with Gasteiger partial charge in [0.2, 0.25) is 0 Å². The van der Waals surface area contributed by atoms with Crippen LogP contribution in [0.4, 0.5) is 0 Å². The molecule has 0 aromatic rings. The third kappa shape index (κ3) is 6.75. The summed E-state index contributed by atoms with van der Waals surface area (Å²) in [5.74, 6) is 0. The van der Waals surface area contributed by atoms with Crippen LogP contribution in [0.1, 0.15) is 71.6 Å². The normalized spacial score (nSPS) is 24.4. The zero-order chi connectivity index (χ0) is 10.9. The van der Waals surface area contributed by atoms with E-state index < -0.39 is 0 Å². The van der Waals surface area contributed by atoms with Gasteiger partial charge in [-0.25, -0.2) is 0 Å². The fourth-order valence-corrected chi connectivity index (χ4v) is 2.77. The third-order valence-electron chi connectivity index (χ3n) is 3.93. The van der Waals surface area contributed by atoms with E-state index in [-0.39, 0.29) is 12.4 Å². The molecular weight excluding hydrogens is 218 g/mol. The molecule has 16 heavy (non-hydrogen) atoms. The molecule has 0 aromatic heterocycles. The van der Waals surface area contributed by atoms with Gasteiger partial charge in [0.15, 0.2) is 0 Å². The largest absolute Gasteiger partial charge is 1.00 e. The fourth-order valence-electron chi connectivity index (χ4n) is 2.77. The van der Waals surface area contributed by atoms with Crippen LogP contribution in [0.2, 0.25) is 0 Å². The molecule has 1 nitrogen and oxygen atoms in total. The summed E-state index contributed by atoms with van der Waals surface area (Å²) in [6, 6.07) is 0.949. The van der Waals surface area contributed by atoms with Gasteiger partial charge in [0.1, 0.15) is 0 Å². The van der Waals surface area contributed by atoms with E-state index in [2.05, 4.69) is 13.8 Å². The molecule has 1 fully saturated rings. The molecule has 1 saturated heterocycles. The van der Waals surface area contributed by atoms with E-state index in [0.717, 1.165) is 6.04 Å². The van der Waals surface area contributed by atoms with Crippen LogP contribution in [-0.4, -0.2) is 19.1 Å². The Bertz CT molecular complexity index is 150. The predicted octanol–water partition coefficient (Wildman–Crippen LogP) is -0.192. The first-order valence-corrected chi connectivity index (χ1v) is 7.19. The van der Waals surface area contributed by atoms with Crippen molar-refractivity contribution in [1.82, 2.24) is 0 Å². The first kappa shape index (κ1) is 16.2. The summed E-state index contributed by atoms with van der Waals surface area (Å²) in [6.45, 7) is 7.59. The van der Waals surface area contributed by atoms with Gasteiger partial charge in [-0.3, -0.25) is 0 Å². The molecule has 0 radical (unpaired) electrons. The summed E-state index contributed by atoms with van der Waals surface area (Å²) in [6.07, 6.45) is 13.1. The molecule has 1 rings (SSSR count). The van der Waals surface area contributed by atoms with E-state index in [9.17, 15) is 0 Å². The molecule has 1 heterocycles. The molecule has 0 aromatic carbocycles. The molecule has 2 atom stereocenters. The molecule has 2 unspecified atom stereocenters. The van der Waals surface area contributed by atoms with Gasteiger partial charge in [0, 0.05) is 12.8 Å². The Morgan fingerprint density at radius 1 is 1.00 bits per heavy atom. The van der Waals surface area contributed by atoms with E-state index in [4.69, 9.17) is 0 Å².